The first-order chi connectivity index (χ1) is 15.1. The number of hydrogen-bond acceptors (Lipinski definition) is 6. The van der Waals surface area contributed by atoms with E-state index >= 15 is 0 Å². The molecule has 2 saturated heterocycles. The lowest BCUT2D eigenvalue weighted by atomic mass is 9.96. The Morgan fingerprint density at radius 1 is 1.16 bits per heavy atom. The monoisotopic (exact) mass is 414 g/mol. The predicted molar refractivity (Wildman–Crippen MR) is 121 cm³/mol. The first-order valence-electron chi connectivity index (χ1n) is 11.0. The molecule has 0 radical (unpaired) electrons. The molecule has 7 heteroatoms. The van der Waals surface area contributed by atoms with E-state index in [0.29, 0.717) is 24.1 Å². The van der Waals surface area contributed by atoms with Crippen molar-refractivity contribution < 1.29 is 4.52 Å². The van der Waals surface area contributed by atoms with Crippen molar-refractivity contribution in [1.82, 2.24) is 25.4 Å². The van der Waals surface area contributed by atoms with E-state index in [1.54, 1.807) is 0 Å². The maximum Gasteiger partial charge on any atom is 0.223 e. The molecule has 3 N–H and O–H groups in total. The van der Waals surface area contributed by atoms with Crippen LogP contribution in [0.5, 0.6) is 0 Å². The molecule has 158 valence electrons. The second-order valence-electron chi connectivity index (χ2n) is 8.92. The van der Waals surface area contributed by atoms with Gasteiger partial charge in [0.05, 0.1) is 11.4 Å². The number of aryl methyl sites for hydroxylation is 3. The molecule has 3 atom stereocenters. The fraction of sp³-hybridized carbons (Fsp3) is 0.375. The SMILES string of the molecule is Cc1cnc(N[C@H]2C[C@H]3CC[C@@H]2N3)nc1-c1c[nH]c2cc(-c3c(C)noc3C)ccc12. The summed E-state index contributed by atoms with van der Waals surface area (Å²) in [7, 11) is 0. The smallest absolute Gasteiger partial charge is 0.223 e. The van der Waals surface area contributed by atoms with Gasteiger partial charge >= 0.3 is 0 Å². The second-order valence-corrected chi connectivity index (χ2v) is 8.92. The van der Waals surface area contributed by atoms with E-state index in [2.05, 4.69) is 50.9 Å². The molecule has 31 heavy (non-hydrogen) atoms. The molecule has 1 aromatic carbocycles. The van der Waals surface area contributed by atoms with E-state index in [1.165, 1.54) is 12.8 Å². The normalized spacial score (nSPS) is 22.5. The Bertz CT molecular complexity index is 1270. The van der Waals surface area contributed by atoms with Gasteiger partial charge < -0.3 is 20.1 Å². The Hall–Kier alpha value is -3.19. The van der Waals surface area contributed by atoms with Crippen LogP contribution in [0.4, 0.5) is 5.95 Å². The number of nitrogens with one attached hydrogen (secondary N) is 3. The number of anilines is 1. The van der Waals surface area contributed by atoms with Crippen molar-refractivity contribution >= 4 is 16.9 Å². The van der Waals surface area contributed by atoms with Gasteiger partial charge in [0.2, 0.25) is 5.95 Å². The Kier molecular flexibility index (Phi) is 4.14. The zero-order valence-corrected chi connectivity index (χ0v) is 18.0. The molecule has 2 fully saturated rings. The van der Waals surface area contributed by atoms with Crippen LogP contribution in [0.1, 0.15) is 36.3 Å². The first-order valence-corrected chi connectivity index (χ1v) is 11.0. The molecule has 2 bridgehead atoms. The van der Waals surface area contributed by atoms with E-state index in [1.807, 2.05) is 26.2 Å². The van der Waals surface area contributed by atoms with Crippen LogP contribution in [0.3, 0.4) is 0 Å². The molecule has 5 heterocycles. The highest BCUT2D eigenvalue weighted by Crippen LogP contribution is 2.35. The molecule has 4 aromatic rings. The Morgan fingerprint density at radius 3 is 2.81 bits per heavy atom. The van der Waals surface area contributed by atoms with E-state index < -0.39 is 0 Å². The largest absolute Gasteiger partial charge is 0.361 e. The number of nitrogens with zero attached hydrogens (tertiary/aromatic N) is 3. The van der Waals surface area contributed by atoms with Crippen LogP contribution in [-0.4, -0.2) is 38.2 Å². The van der Waals surface area contributed by atoms with Gasteiger partial charge in [-0.3, -0.25) is 0 Å². The predicted octanol–water partition coefficient (Wildman–Crippen LogP) is 4.51. The zero-order valence-electron chi connectivity index (χ0n) is 18.0. The molecule has 2 aliphatic rings. The van der Waals surface area contributed by atoms with Crippen molar-refractivity contribution in [2.75, 3.05) is 5.32 Å². The van der Waals surface area contributed by atoms with Gasteiger partial charge in [0.25, 0.3) is 0 Å². The highest BCUT2D eigenvalue weighted by molar-refractivity contribution is 5.97. The van der Waals surface area contributed by atoms with Gasteiger partial charge in [-0.25, -0.2) is 9.97 Å². The van der Waals surface area contributed by atoms with Crippen molar-refractivity contribution in [2.24, 2.45) is 0 Å². The summed E-state index contributed by atoms with van der Waals surface area (Å²) in [6.07, 6.45) is 7.63. The summed E-state index contributed by atoms with van der Waals surface area (Å²) in [6.45, 7) is 5.99. The van der Waals surface area contributed by atoms with Crippen molar-refractivity contribution in [3.05, 3.63) is 47.6 Å². The summed E-state index contributed by atoms with van der Waals surface area (Å²) in [5.74, 6) is 1.54. The number of benzene rings is 1. The molecular weight excluding hydrogens is 388 g/mol. The fourth-order valence-electron chi connectivity index (χ4n) is 5.31. The lowest BCUT2D eigenvalue weighted by Crippen LogP contribution is -2.34. The Balaban J connectivity index is 1.35. The maximum atomic E-state index is 5.35. The average molecular weight is 415 g/mol. The molecular formula is C24H26N6O. The minimum absolute atomic E-state index is 0.412. The van der Waals surface area contributed by atoms with Crippen LogP contribution in [0.15, 0.2) is 35.1 Å². The van der Waals surface area contributed by atoms with Crippen LogP contribution >= 0.6 is 0 Å². The van der Waals surface area contributed by atoms with Gasteiger partial charge in [-0.05, 0) is 57.2 Å². The standard InChI is InChI=1S/C24H26N6O/c1-12-10-26-24(28-21-9-16-5-7-19(21)27-16)29-23(12)18-11-25-20-8-15(4-6-17(18)20)22-13(2)30-31-14(22)3/h4,6,8,10-11,16,19,21,25,27H,5,7,9H2,1-3H3,(H,26,28,29)/t16-,19+,21+/m1/s1. The molecule has 0 amide bonds. The fourth-order valence-corrected chi connectivity index (χ4v) is 5.31. The number of aromatic amines is 1. The molecule has 3 aromatic heterocycles. The van der Waals surface area contributed by atoms with Crippen LogP contribution < -0.4 is 10.6 Å². The highest BCUT2D eigenvalue weighted by atomic mass is 16.5. The van der Waals surface area contributed by atoms with Crippen molar-refractivity contribution in [1.29, 1.82) is 0 Å². The van der Waals surface area contributed by atoms with Gasteiger partial charge in [0, 0.05) is 52.5 Å². The lowest BCUT2D eigenvalue weighted by Gasteiger charge is -2.21. The first kappa shape index (κ1) is 18.6. The van der Waals surface area contributed by atoms with E-state index in [-0.39, 0.29) is 0 Å². The summed E-state index contributed by atoms with van der Waals surface area (Å²) in [4.78, 5) is 12.9. The number of aromatic nitrogens is 4. The molecule has 0 saturated carbocycles. The molecule has 0 unspecified atom stereocenters. The number of fused-ring (bicyclic) bond motifs is 3. The van der Waals surface area contributed by atoms with Crippen LogP contribution in [0, 0.1) is 20.8 Å². The minimum atomic E-state index is 0.412. The topological polar surface area (TPSA) is 91.7 Å². The number of H-pyrrole nitrogens is 1. The number of hydrogen-bond donors (Lipinski definition) is 3. The van der Waals surface area contributed by atoms with E-state index in [4.69, 9.17) is 9.51 Å². The molecule has 7 nitrogen and oxygen atoms in total. The molecule has 6 rings (SSSR count). The van der Waals surface area contributed by atoms with Crippen LogP contribution in [0.2, 0.25) is 0 Å². The molecule has 2 aliphatic heterocycles. The third-order valence-corrected chi connectivity index (χ3v) is 6.85. The summed E-state index contributed by atoms with van der Waals surface area (Å²) in [5.41, 5.74) is 7.25. The molecule has 0 spiro atoms. The maximum absolute atomic E-state index is 5.35. The van der Waals surface area contributed by atoms with Crippen LogP contribution in [0.25, 0.3) is 33.3 Å². The van der Waals surface area contributed by atoms with Gasteiger partial charge in [0.1, 0.15) is 5.76 Å². The Morgan fingerprint density at radius 2 is 2.06 bits per heavy atom. The summed E-state index contributed by atoms with van der Waals surface area (Å²) >= 11 is 0. The van der Waals surface area contributed by atoms with Gasteiger partial charge in [-0.15, -0.1) is 0 Å². The second kappa shape index (κ2) is 6.92. The van der Waals surface area contributed by atoms with Gasteiger partial charge in [0.15, 0.2) is 0 Å². The summed E-state index contributed by atoms with van der Waals surface area (Å²) in [6, 6.07) is 8.03. The average Bonchev–Trinajstić information content (AvgIpc) is 3.54. The molecule has 0 aliphatic carbocycles. The van der Waals surface area contributed by atoms with Gasteiger partial charge in [-0.1, -0.05) is 17.3 Å². The van der Waals surface area contributed by atoms with Crippen LogP contribution in [-0.2, 0) is 0 Å². The van der Waals surface area contributed by atoms with Crippen molar-refractivity contribution in [3.8, 4) is 22.4 Å². The lowest BCUT2D eigenvalue weighted by molar-refractivity contribution is 0.393. The quantitative estimate of drug-likeness (QED) is 0.455. The van der Waals surface area contributed by atoms with E-state index in [0.717, 1.165) is 56.7 Å². The van der Waals surface area contributed by atoms with Crippen molar-refractivity contribution in [3.63, 3.8) is 0 Å². The third kappa shape index (κ3) is 3.03. The summed E-state index contributed by atoms with van der Waals surface area (Å²) in [5, 5.41) is 12.5. The van der Waals surface area contributed by atoms with Crippen molar-refractivity contribution in [2.45, 2.75) is 58.2 Å². The number of rotatable bonds is 4. The third-order valence-electron chi connectivity index (χ3n) is 6.85. The summed E-state index contributed by atoms with van der Waals surface area (Å²) < 4.78 is 5.35. The Labute approximate surface area is 180 Å². The zero-order chi connectivity index (χ0) is 21.1. The van der Waals surface area contributed by atoms with E-state index in [9.17, 15) is 0 Å². The minimum Gasteiger partial charge on any atom is -0.361 e. The highest BCUT2D eigenvalue weighted by Gasteiger charge is 2.39. The van der Waals surface area contributed by atoms with Gasteiger partial charge in [-0.2, -0.15) is 0 Å².